The molecule has 0 radical (unpaired) electrons. The Morgan fingerprint density at radius 2 is 1.88 bits per heavy atom. The highest BCUT2D eigenvalue weighted by atomic mass is 35.5. The van der Waals surface area contributed by atoms with Crippen molar-refractivity contribution >= 4 is 22.4 Å². The number of piperidine rings is 1. The first-order valence-corrected chi connectivity index (χ1v) is 7.36. The van der Waals surface area contributed by atoms with Gasteiger partial charge >= 0.3 is 0 Å². The number of nitrogens with one attached hydrogen (secondary N) is 1. The molecule has 1 heterocycles. The van der Waals surface area contributed by atoms with Crippen LogP contribution in [-0.4, -0.2) is 44.7 Å². The predicted octanol–water partition coefficient (Wildman–Crippen LogP) is 1.22. The molecular formula is C10H23ClN2O2S. The summed E-state index contributed by atoms with van der Waals surface area (Å²) < 4.78 is 25.3. The fourth-order valence-corrected chi connectivity index (χ4v) is 3.56. The largest absolute Gasteiger partial charge is 0.317 e. The number of unbranched alkanes of at least 4 members (excludes halogenated alkanes) is 1. The van der Waals surface area contributed by atoms with Crippen LogP contribution in [0.3, 0.4) is 0 Å². The fraction of sp³-hybridized carbons (Fsp3) is 1.00. The summed E-state index contributed by atoms with van der Waals surface area (Å²) in [4.78, 5) is 0. The first-order chi connectivity index (χ1) is 7.10. The molecule has 1 aliphatic rings. The Morgan fingerprint density at radius 3 is 2.31 bits per heavy atom. The second-order valence-corrected chi connectivity index (χ2v) is 6.22. The van der Waals surface area contributed by atoms with Crippen molar-refractivity contribution in [3.05, 3.63) is 0 Å². The van der Waals surface area contributed by atoms with E-state index in [1.54, 1.807) is 4.31 Å². The lowest BCUT2D eigenvalue weighted by Crippen LogP contribution is -2.44. The van der Waals surface area contributed by atoms with Crippen molar-refractivity contribution in [3.8, 4) is 0 Å². The van der Waals surface area contributed by atoms with E-state index >= 15 is 0 Å². The van der Waals surface area contributed by atoms with Gasteiger partial charge in [-0.05, 0) is 26.3 Å². The average molecular weight is 271 g/mol. The number of nitrogens with zero attached hydrogens (tertiary/aromatic N) is 1. The highest BCUT2D eigenvalue weighted by molar-refractivity contribution is 7.89. The van der Waals surface area contributed by atoms with Gasteiger partial charge in [0.25, 0.3) is 0 Å². The van der Waals surface area contributed by atoms with Crippen molar-refractivity contribution in [3.63, 3.8) is 0 Å². The minimum atomic E-state index is -2.97. The second kappa shape index (κ2) is 7.48. The zero-order valence-electron chi connectivity index (χ0n) is 10.1. The lowest BCUT2D eigenvalue weighted by Gasteiger charge is -2.30. The molecule has 6 heteroatoms. The summed E-state index contributed by atoms with van der Waals surface area (Å²) in [6, 6.07) is 0.489. The third-order valence-electron chi connectivity index (χ3n) is 3.01. The Labute approximate surface area is 105 Å². The number of halogens is 1. The average Bonchev–Trinajstić information content (AvgIpc) is 2.26. The highest BCUT2D eigenvalue weighted by Crippen LogP contribution is 2.14. The fourth-order valence-electron chi connectivity index (χ4n) is 1.88. The molecule has 1 aliphatic heterocycles. The van der Waals surface area contributed by atoms with Gasteiger partial charge in [0.1, 0.15) is 0 Å². The highest BCUT2D eigenvalue weighted by Gasteiger charge is 2.26. The monoisotopic (exact) mass is 270 g/mol. The Hall–Kier alpha value is 0.160. The summed E-state index contributed by atoms with van der Waals surface area (Å²) in [6.45, 7) is 3.37. The molecule has 1 N–H and O–H groups in total. The zero-order chi connectivity index (χ0) is 11.3. The van der Waals surface area contributed by atoms with E-state index in [9.17, 15) is 8.42 Å². The molecule has 1 rings (SSSR count). The molecule has 0 aromatic carbocycles. The Morgan fingerprint density at radius 1 is 1.31 bits per heavy atom. The summed E-state index contributed by atoms with van der Waals surface area (Å²) in [7, 11) is -1.04. The van der Waals surface area contributed by atoms with Crippen LogP contribution in [0, 0.1) is 0 Å². The van der Waals surface area contributed by atoms with Crippen LogP contribution in [-0.2, 0) is 10.0 Å². The van der Waals surface area contributed by atoms with Crippen LogP contribution < -0.4 is 5.32 Å². The summed E-state index contributed by atoms with van der Waals surface area (Å²) in [6.07, 6.45) is 3.57. The van der Waals surface area contributed by atoms with Crippen molar-refractivity contribution in [2.45, 2.75) is 38.6 Å². The summed E-state index contributed by atoms with van der Waals surface area (Å²) in [5.41, 5.74) is 0. The van der Waals surface area contributed by atoms with E-state index in [-0.39, 0.29) is 12.4 Å². The molecule has 0 spiro atoms. The lowest BCUT2D eigenvalue weighted by atomic mass is 10.1. The molecule has 4 nitrogen and oxygen atoms in total. The minimum Gasteiger partial charge on any atom is -0.317 e. The van der Waals surface area contributed by atoms with E-state index in [0.717, 1.165) is 25.7 Å². The zero-order valence-corrected chi connectivity index (χ0v) is 11.7. The predicted molar refractivity (Wildman–Crippen MR) is 69.6 cm³/mol. The van der Waals surface area contributed by atoms with Crippen molar-refractivity contribution in [1.82, 2.24) is 9.62 Å². The van der Waals surface area contributed by atoms with Gasteiger partial charge in [0.2, 0.25) is 10.0 Å². The van der Waals surface area contributed by atoms with Crippen LogP contribution in [0.25, 0.3) is 0 Å². The van der Waals surface area contributed by atoms with Crippen LogP contribution >= 0.6 is 12.4 Å². The van der Waals surface area contributed by atoms with Crippen LogP contribution in [0.1, 0.15) is 32.6 Å². The second-order valence-electron chi connectivity index (χ2n) is 4.13. The van der Waals surface area contributed by atoms with Gasteiger partial charge in [-0.3, -0.25) is 0 Å². The van der Waals surface area contributed by atoms with Crippen LogP contribution in [0.2, 0.25) is 0 Å². The lowest BCUT2D eigenvalue weighted by molar-refractivity contribution is 0.298. The van der Waals surface area contributed by atoms with E-state index in [1.165, 1.54) is 0 Å². The van der Waals surface area contributed by atoms with Gasteiger partial charge in [0.05, 0.1) is 5.75 Å². The SMILES string of the molecule is CCCCS(=O)(=O)N1CCC(NC)CC1.Cl. The van der Waals surface area contributed by atoms with Gasteiger partial charge in [-0.25, -0.2) is 12.7 Å². The van der Waals surface area contributed by atoms with Crippen molar-refractivity contribution in [2.75, 3.05) is 25.9 Å². The Balaban J connectivity index is 0.00000225. The van der Waals surface area contributed by atoms with Gasteiger partial charge in [0, 0.05) is 19.1 Å². The molecule has 0 aromatic rings. The van der Waals surface area contributed by atoms with E-state index in [4.69, 9.17) is 0 Å². The Kier molecular flexibility index (Phi) is 7.55. The van der Waals surface area contributed by atoms with Crippen molar-refractivity contribution in [2.24, 2.45) is 0 Å². The van der Waals surface area contributed by atoms with Crippen molar-refractivity contribution < 1.29 is 8.42 Å². The van der Waals surface area contributed by atoms with E-state index in [2.05, 4.69) is 5.32 Å². The van der Waals surface area contributed by atoms with Gasteiger partial charge in [0.15, 0.2) is 0 Å². The Bertz CT molecular complexity index is 275. The first-order valence-electron chi connectivity index (χ1n) is 5.75. The third-order valence-corrected chi connectivity index (χ3v) is 4.97. The van der Waals surface area contributed by atoms with Crippen LogP contribution in [0.5, 0.6) is 0 Å². The molecule has 0 atom stereocenters. The van der Waals surface area contributed by atoms with Gasteiger partial charge in [-0.15, -0.1) is 12.4 Å². The molecule has 1 saturated heterocycles. The van der Waals surface area contributed by atoms with E-state index in [0.29, 0.717) is 24.9 Å². The van der Waals surface area contributed by atoms with Crippen molar-refractivity contribution in [1.29, 1.82) is 0 Å². The number of hydrogen-bond donors (Lipinski definition) is 1. The minimum absolute atomic E-state index is 0. The maximum Gasteiger partial charge on any atom is 0.214 e. The maximum atomic E-state index is 11.8. The third kappa shape index (κ3) is 4.57. The molecular weight excluding hydrogens is 248 g/mol. The van der Waals surface area contributed by atoms with Crippen LogP contribution in [0.4, 0.5) is 0 Å². The van der Waals surface area contributed by atoms with E-state index in [1.807, 2.05) is 14.0 Å². The van der Waals surface area contributed by atoms with E-state index < -0.39 is 10.0 Å². The van der Waals surface area contributed by atoms with Crippen LogP contribution in [0.15, 0.2) is 0 Å². The quantitative estimate of drug-likeness (QED) is 0.817. The summed E-state index contributed by atoms with van der Waals surface area (Å²) in [5.74, 6) is 0.313. The molecule has 0 aliphatic carbocycles. The first kappa shape index (κ1) is 16.2. The molecule has 0 saturated carbocycles. The molecule has 0 amide bonds. The topological polar surface area (TPSA) is 49.4 Å². The number of hydrogen-bond acceptors (Lipinski definition) is 3. The molecule has 16 heavy (non-hydrogen) atoms. The molecule has 98 valence electrons. The molecule has 1 fully saturated rings. The van der Waals surface area contributed by atoms with Gasteiger partial charge in [-0.2, -0.15) is 0 Å². The number of sulfonamides is 1. The normalized spacial score (nSPS) is 19.4. The smallest absolute Gasteiger partial charge is 0.214 e. The molecule has 0 aromatic heterocycles. The summed E-state index contributed by atoms with van der Waals surface area (Å²) in [5, 5.41) is 3.20. The maximum absolute atomic E-state index is 11.8. The van der Waals surface area contributed by atoms with Gasteiger partial charge in [-0.1, -0.05) is 13.3 Å². The molecule has 0 unspecified atom stereocenters. The molecule has 0 bridgehead atoms. The summed E-state index contributed by atoms with van der Waals surface area (Å²) >= 11 is 0. The number of rotatable bonds is 5. The standard InChI is InChI=1S/C10H22N2O2S.ClH/c1-3-4-9-15(13,14)12-7-5-10(11-2)6-8-12;/h10-11H,3-9H2,1-2H3;1H. The van der Waals surface area contributed by atoms with Gasteiger partial charge < -0.3 is 5.32 Å².